The van der Waals surface area contributed by atoms with Crippen molar-refractivity contribution in [3.05, 3.63) is 41.7 Å². The number of hydrogen-bond donors (Lipinski definition) is 1. The Morgan fingerprint density at radius 2 is 2.14 bits per heavy atom. The Balaban J connectivity index is 1.81. The van der Waals surface area contributed by atoms with Gasteiger partial charge in [-0.1, -0.05) is 18.2 Å². The number of nitrogens with zero attached hydrogens (tertiary/aromatic N) is 3. The highest BCUT2D eigenvalue weighted by molar-refractivity contribution is 5.47. The quantitative estimate of drug-likeness (QED) is 0.938. The van der Waals surface area contributed by atoms with Crippen LogP contribution in [0.4, 0.5) is 16.2 Å². The molecule has 1 aliphatic rings. The van der Waals surface area contributed by atoms with Gasteiger partial charge >= 0.3 is 0 Å². The molecule has 6 heteroatoms. The summed E-state index contributed by atoms with van der Waals surface area (Å²) in [6.45, 7) is 1.51. The summed E-state index contributed by atoms with van der Waals surface area (Å²) < 4.78 is 19.0. The Labute approximate surface area is 122 Å². The molecule has 1 aromatic carbocycles. The number of rotatable bonds is 3. The van der Waals surface area contributed by atoms with Crippen LogP contribution in [0.1, 0.15) is 17.9 Å². The van der Waals surface area contributed by atoms with Crippen molar-refractivity contribution in [2.45, 2.75) is 12.3 Å². The minimum absolute atomic E-state index is 0.149. The zero-order valence-corrected chi connectivity index (χ0v) is 11.8. The first-order valence-electron chi connectivity index (χ1n) is 6.85. The molecule has 2 N–H and O–H groups in total. The number of ether oxygens (including phenoxy) is 1. The van der Waals surface area contributed by atoms with E-state index in [1.165, 1.54) is 13.2 Å². The van der Waals surface area contributed by atoms with Gasteiger partial charge in [0.15, 0.2) is 0 Å². The van der Waals surface area contributed by atoms with Gasteiger partial charge in [-0.2, -0.15) is 9.97 Å². The monoisotopic (exact) mass is 288 g/mol. The first-order valence-corrected chi connectivity index (χ1v) is 6.85. The van der Waals surface area contributed by atoms with Crippen LogP contribution in [-0.4, -0.2) is 30.2 Å². The van der Waals surface area contributed by atoms with Crippen LogP contribution in [0.2, 0.25) is 0 Å². The zero-order chi connectivity index (χ0) is 14.8. The molecule has 0 saturated carbocycles. The predicted molar refractivity (Wildman–Crippen MR) is 79.0 cm³/mol. The first-order chi connectivity index (χ1) is 10.2. The fourth-order valence-corrected chi connectivity index (χ4v) is 2.73. The summed E-state index contributed by atoms with van der Waals surface area (Å²) in [5, 5.41) is 0. The summed E-state index contributed by atoms with van der Waals surface area (Å²) >= 11 is 0. The Hall–Kier alpha value is -2.37. The molecule has 0 spiro atoms. The van der Waals surface area contributed by atoms with E-state index in [4.69, 9.17) is 10.5 Å². The van der Waals surface area contributed by atoms with Gasteiger partial charge in [0.2, 0.25) is 11.8 Å². The van der Waals surface area contributed by atoms with Crippen molar-refractivity contribution in [3.8, 4) is 5.88 Å². The van der Waals surface area contributed by atoms with Crippen LogP contribution in [0.3, 0.4) is 0 Å². The van der Waals surface area contributed by atoms with E-state index in [9.17, 15) is 4.39 Å². The summed E-state index contributed by atoms with van der Waals surface area (Å²) in [4.78, 5) is 10.3. The zero-order valence-electron chi connectivity index (χ0n) is 11.8. The smallest absolute Gasteiger partial charge is 0.225 e. The lowest BCUT2D eigenvalue weighted by molar-refractivity contribution is 0.397. The number of methoxy groups -OCH3 is 1. The molecule has 0 aliphatic carbocycles. The van der Waals surface area contributed by atoms with E-state index in [0.29, 0.717) is 12.4 Å². The molecule has 0 amide bonds. The molecule has 1 saturated heterocycles. The standard InChI is InChI=1S/C15H17FN4O/c1-21-14-8-13(18-15(17)19-14)20-7-6-10(9-20)11-4-2-3-5-12(11)16/h2-5,8,10H,6-7,9H2,1H3,(H2,17,18,19). The number of halogens is 1. The van der Waals surface area contributed by atoms with Crippen LogP contribution in [0.15, 0.2) is 30.3 Å². The van der Waals surface area contributed by atoms with Gasteiger partial charge in [-0.05, 0) is 18.1 Å². The molecule has 1 fully saturated rings. The molecule has 110 valence electrons. The van der Waals surface area contributed by atoms with Crippen molar-refractivity contribution in [1.82, 2.24) is 9.97 Å². The van der Waals surface area contributed by atoms with Crippen molar-refractivity contribution >= 4 is 11.8 Å². The molecule has 1 unspecified atom stereocenters. The van der Waals surface area contributed by atoms with Crippen molar-refractivity contribution in [2.75, 3.05) is 30.8 Å². The summed E-state index contributed by atoms with van der Waals surface area (Å²) in [6.07, 6.45) is 0.882. The van der Waals surface area contributed by atoms with Crippen LogP contribution in [0.25, 0.3) is 0 Å². The second kappa shape index (κ2) is 5.55. The summed E-state index contributed by atoms with van der Waals surface area (Å²) in [7, 11) is 1.54. The topological polar surface area (TPSA) is 64.3 Å². The van der Waals surface area contributed by atoms with Crippen LogP contribution in [0.5, 0.6) is 5.88 Å². The highest BCUT2D eigenvalue weighted by Crippen LogP contribution is 2.32. The third-order valence-corrected chi connectivity index (χ3v) is 3.77. The van der Waals surface area contributed by atoms with Crippen LogP contribution in [0, 0.1) is 5.82 Å². The molecule has 0 bridgehead atoms. The highest BCUT2D eigenvalue weighted by Gasteiger charge is 2.27. The maximum Gasteiger partial charge on any atom is 0.225 e. The van der Waals surface area contributed by atoms with Crippen molar-refractivity contribution in [2.24, 2.45) is 0 Å². The van der Waals surface area contributed by atoms with Gasteiger partial charge < -0.3 is 15.4 Å². The van der Waals surface area contributed by atoms with Gasteiger partial charge in [0.1, 0.15) is 11.6 Å². The molecule has 2 aromatic rings. The molecule has 1 aromatic heterocycles. The second-order valence-corrected chi connectivity index (χ2v) is 5.08. The van der Waals surface area contributed by atoms with Crippen LogP contribution < -0.4 is 15.4 Å². The van der Waals surface area contributed by atoms with E-state index in [1.807, 2.05) is 12.1 Å². The Kier molecular flexibility index (Phi) is 3.60. The maximum absolute atomic E-state index is 13.9. The van der Waals surface area contributed by atoms with E-state index in [1.54, 1.807) is 12.1 Å². The van der Waals surface area contributed by atoms with Gasteiger partial charge in [-0.15, -0.1) is 0 Å². The average molecular weight is 288 g/mol. The van der Waals surface area contributed by atoms with E-state index < -0.39 is 0 Å². The normalized spacial score (nSPS) is 18.0. The Morgan fingerprint density at radius 3 is 2.90 bits per heavy atom. The van der Waals surface area contributed by atoms with E-state index in [0.717, 1.165) is 24.3 Å². The van der Waals surface area contributed by atoms with Crippen molar-refractivity contribution in [1.29, 1.82) is 0 Å². The van der Waals surface area contributed by atoms with Gasteiger partial charge in [0.05, 0.1) is 7.11 Å². The lowest BCUT2D eigenvalue weighted by Gasteiger charge is -2.18. The van der Waals surface area contributed by atoms with E-state index >= 15 is 0 Å². The molecule has 3 rings (SSSR count). The van der Waals surface area contributed by atoms with Crippen LogP contribution in [-0.2, 0) is 0 Å². The third-order valence-electron chi connectivity index (χ3n) is 3.77. The number of aromatic nitrogens is 2. The fraction of sp³-hybridized carbons (Fsp3) is 0.333. The van der Waals surface area contributed by atoms with E-state index in [-0.39, 0.29) is 17.7 Å². The minimum Gasteiger partial charge on any atom is -0.481 e. The molecule has 2 heterocycles. The van der Waals surface area contributed by atoms with Crippen LogP contribution >= 0.6 is 0 Å². The predicted octanol–water partition coefficient (Wildman–Crippen LogP) is 2.20. The van der Waals surface area contributed by atoms with Gasteiger partial charge in [-0.3, -0.25) is 0 Å². The average Bonchev–Trinajstić information content (AvgIpc) is 2.96. The summed E-state index contributed by atoms with van der Waals surface area (Å²) in [5.74, 6) is 1.35. The number of nitrogens with two attached hydrogens (primary N) is 1. The molecule has 1 aliphatic heterocycles. The molecular formula is C15H17FN4O. The SMILES string of the molecule is COc1cc(N2CCC(c3ccccc3F)C2)nc(N)n1. The fourth-order valence-electron chi connectivity index (χ4n) is 2.73. The minimum atomic E-state index is -0.149. The number of hydrogen-bond acceptors (Lipinski definition) is 5. The Morgan fingerprint density at radius 1 is 1.33 bits per heavy atom. The Bertz CT molecular complexity index is 649. The lowest BCUT2D eigenvalue weighted by Crippen LogP contribution is -2.21. The highest BCUT2D eigenvalue weighted by atomic mass is 19.1. The molecule has 5 nitrogen and oxygen atoms in total. The number of anilines is 2. The summed E-state index contributed by atoms with van der Waals surface area (Å²) in [6, 6.07) is 8.68. The van der Waals surface area contributed by atoms with E-state index in [2.05, 4.69) is 14.9 Å². The maximum atomic E-state index is 13.9. The molecule has 1 atom stereocenters. The number of benzene rings is 1. The van der Waals surface area contributed by atoms with Crippen molar-refractivity contribution < 1.29 is 9.13 Å². The molecular weight excluding hydrogens is 271 g/mol. The summed E-state index contributed by atoms with van der Waals surface area (Å²) in [5.41, 5.74) is 6.44. The van der Waals surface area contributed by atoms with Gasteiger partial charge in [0.25, 0.3) is 0 Å². The van der Waals surface area contributed by atoms with Gasteiger partial charge in [-0.25, -0.2) is 4.39 Å². The number of nitrogen functional groups attached to an aromatic ring is 1. The largest absolute Gasteiger partial charge is 0.481 e. The molecule has 21 heavy (non-hydrogen) atoms. The van der Waals surface area contributed by atoms with Crippen molar-refractivity contribution in [3.63, 3.8) is 0 Å². The first kappa shape index (κ1) is 13.6. The van der Waals surface area contributed by atoms with Gasteiger partial charge in [0, 0.05) is 25.1 Å². The molecule has 0 radical (unpaired) electrons. The second-order valence-electron chi connectivity index (χ2n) is 5.08. The lowest BCUT2D eigenvalue weighted by atomic mass is 9.98. The third kappa shape index (κ3) is 2.74.